The van der Waals surface area contributed by atoms with Crippen molar-refractivity contribution in [3.8, 4) is 11.5 Å². The second kappa shape index (κ2) is 9.02. The lowest BCUT2D eigenvalue weighted by Gasteiger charge is -2.26. The van der Waals surface area contributed by atoms with Crippen LogP contribution in [0.5, 0.6) is 11.5 Å². The van der Waals surface area contributed by atoms with E-state index in [0.717, 1.165) is 11.1 Å². The summed E-state index contributed by atoms with van der Waals surface area (Å²) in [7, 11) is 2.97. The van der Waals surface area contributed by atoms with E-state index in [2.05, 4.69) is 0 Å². The van der Waals surface area contributed by atoms with Crippen LogP contribution in [0.2, 0.25) is 0 Å². The Bertz CT molecular complexity index is 1330. The van der Waals surface area contributed by atoms with E-state index in [-0.39, 0.29) is 17.0 Å². The number of ketones is 1. The summed E-state index contributed by atoms with van der Waals surface area (Å²) in [4.78, 5) is 27.8. The molecule has 0 saturated carbocycles. The van der Waals surface area contributed by atoms with Crippen LogP contribution in [-0.2, 0) is 9.59 Å². The molecule has 1 atom stereocenters. The van der Waals surface area contributed by atoms with E-state index in [0.29, 0.717) is 22.6 Å². The predicted molar refractivity (Wildman–Crippen MR) is 127 cm³/mol. The molecule has 0 radical (unpaired) electrons. The van der Waals surface area contributed by atoms with Crippen LogP contribution < -0.4 is 14.4 Å². The molecule has 7 heteroatoms. The lowest BCUT2D eigenvalue weighted by Crippen LogP contribution is -2.29. The molecule has 6 nitrogen and oxygen atoms in total. The van der Waals surface area contributed by atoms with Crippen molar-refractivity contribution in [3.63, 3.8) is 0 Å². The van der Waals surface area contributed by atoms with Crippen molar-refractivity contribution in [3.05, 3.63) is 94.3 Å². The van der Waals surface area contributed by atoms with Crippen molar-refractivity contribution < 1.29 is 28.6 Å². The normalized spacial score (nSPS) is 17.2. The maximum Gasteiger partial charge on any atom is 0.300 e. The minimum atomic E-state index is -1.01. The van der Waals surface area contributed by atoms with E-state index < -0.39 is 23.5 Å². The van der Waals surface area contributed by atoms with Gasteiger partial charge in [0.15, 0.2) is 0 Å². The Kier molecular flexibility index (Phi) is 6.11. The van der Waals surface area contributed by atoms with Gasteiger partial charge in [0.25, 0.3) is 11.7 Å². The van der Waals surface area contributed by atoms with Gasteiger partial charge in [-0.2, -0.15) is 0 Å². The Labute approximate surface area is 196 Å². The molecule has 3 aromatic carbocycles. The van der Waals surface area contributed by atoms with Crippen LogP contribution in [0.25, 0.3) is 5.76 Å². The summed E-state index contributed by atoms with van der Waals surface area (Å²) in [6.07, 6.45) is 0. The molecular weight excluding hydrogens is 437 g/mol. The number of carbonyl (C=O) groups excluding carboxylic acids is 2. The molecule has 4 rings (SSSR count). The number of methoxy groups -OCH3 is 2. The molecule has 3 aromatic rings. The van der Waals surface area contributed by atoms with Gasteiger partial charge in [-0.3, -0.25) is 14.5 Å². The molecule has 1 heterocycles. The monoisotopic (exact) mass is 461 g/mol. The van der Waals surface area contributed by atoms with Crippen LogP contribution in [0.4, 0.5) is 10.1 Å². The van der Waals surface area contributed by atoms with E-state index >= 15 is 0 Å². The molecule has 0 aliphatic carbocycles. The number of carbonyl (C=O) groups is 2. The van der Waals surface area contributed by atoms with E-state index in [1.807, 2.05) is 19.9 Å². The van der Waals surface area contributed by atoms with Crippen LogP contribution in [-0.4, -0.2) is 31.0 Å². The Morgan fingerprint density at radius 2 is 1.71 bits per heavy atom. The van der Waals surface area contributed by atoms with Crippen molar-refractivity contribution in [2.24, 2.45) is 0 Å². The van der Waals surface area contributed by atoms with Gasteiger partial charge in [0.05, 0.1) is 31.4 Å². The molecule has 0 bridgehead atoms. The minimum Gasteiger partial charge on any atom is -0.507 e. The third-order valence-corrected chi connectivity index (χ3v) is 5.82. The van der Waals surface area contributed by atoms with Crippen LogP contribution in [0.1, 0.15) is 28.3 Å². The van der Waals surface area contributed by atoms with Gasteiger partial charge in [-0.05, 0) is 66.9 Å². The molecule has 1 aliphatic rings. The first-order valence-corrected chi connectivity index (χ1v) is 10.6. The van der Waals surface area contributed by atoms with E-state index in [9.17, 15) is 19.1 Å². The Hall–Kier alpha value is -4.13. The van der Waals surface area contributed by atoms with Gasteiger partial charge in [-0.15, -0.1) is 0 Å². The Morgan fingerprint density at radius 1 is 0.971 bits per heavy atom. The predicted octanol–water partition coefficient (Wildman–Crippen LogP) is 5.09. The number of halogens is 1. The summed E-state index contributed by atoms with van der Waals surface area (Å²) >= 11 is 0. The highest BCUT2D eigenvalue weighted by Gasteiger charge is 2.47. The topological polar surface area (TPSA) is 76.1 Å². The number of Topliss-reactive ketones (excluding diaryl/α,β-unsaturated/α-hetero) is 1. The number of nitrogens with zero attached hydrogens (tertiary/aromatic N) is 1. The fraction of sp³-hybridized carbons (Fsp3) is 0.185. The zero-order valence-corrected chi connectivity index (χ0v) is 19.3. The summed E-state index contributed by atoms with van der Waals surface area (Å²) in [5.41, 5.74) is 2.50. The number of amides is 1. The number of aliphatic hydroxyl groups is 1. The maximum atomic E-state index is 14.1. The highest BCUT2D eigenvalue weighted by Crippen LogP contribution is 2.44. The zero-order chi connectivity index (χ0) is 24.6. The molecule has 1 aliphatic heterocycles. The summed E-state index contributed by atoms with van der Waals surface area (Å²) in [5.74, 6) is -1.77. The number of hydrogen-bond donors (Lipinski definition) is 1. The quantitative estimate of drug-likeness (QED) is 0.326. The third-order valence-electron chi connectivity index (χ3n) is 5.82. The Balaban J connectivity index is 2.02. The largest absolute Gasteiger partial charge is 0.507 e. The molecule has 0 spiro atoms. The SMILES string of the molecule is COc1cccc(C2/C(=C(\O)c3cc(C)cc(C)c3OC)C(=O)C(=O)N2c2cccc(F)c2)c1. The van der Waals surface area contributed by atoms with Gasteiger partial charge in [-0.1, -0.05) is 24.3 Å². The molecule has 1 fully saturated rings. The third kappa shape index (κ3) is 3.90. The van der Waals surface area contributed by atoms with Crippen LogP contribution in [0, 0.1) is 19.7 Å². The van der Waals surface area contributed by atoms with Crippen molar-refractivity contribution in [2.75, 3.05) is 19.1 Å². The van der Waals surface area contributed by atoms with Gasteiger partial charge in [0.1, 0.15) is 23.1 Å². The fourth-order valence-corrected chi connectivity index (χ4v) is 4.40. The average Bonchev–Trinajstić information content (AvgIpc) is 3.08. The summed E-state index contributed by atoms with van der Waals surface area (Å²) < 4.78 is 24.9. The van der Waals surface area contributed by atoms with Crippen LogP contribution >= 0.6 is 0 Å². The van der Waals surface area contributed by atoms with Gasteiger partial charge < -0.3 is 14.6 Å². The van der Waals surface area contributed by atoms with E-state index in [1.165, 1.54) is 37.3 Å². The molecule has 1 amide bonds. The standard InChI is InChI=1S/C27H24FNO5/c1-15-11-16(2)26(34-4)21(12-15)24(30)22-23(17-7-5-10-20(13-17)33-3)29(27(32)25(22)31)19-9-6-8-18(28)14-19/h5-14,23,30H,1-4H3/b24-22+. The fourth-order valence-electron chi connectivity index (χ4n) is 4.40. The van der Waals surface area contributed by atoms with E-state index in [1.54, 1.807) is 36.4 Å². The van der Waals surface area contributed by atoms with Gasteiger partial charge >= 0.3 is 0 Å². The molecule has 1 N–H and O–H groups in total. The second-order valence-electron chi connectivity index (χ2n) is 8.09. The molecule has 1 saturated heterocycles. The zero-order valence-electron chi connectivity index (χ0n) is 19.3. The Morgan fingerprint density at radius 3 is 2.38 bits per heavy atom. The number of aryl methyl sites for hydroxylation is 2. The number of aliphatic hydroxyl groups excluding tert-OH is 1. The lowest BCUT2D eigenvalue weighted by atomic mass is 9.93. The number of ether oxygens (including phenoxy) is 2. The van der Waals surface area contributed by atoms with Gasteiger partial charge in [-0.25, -0.2) is 4.39 Å². The number of anilines is 1. The first-order valence-electron chi connectivity index (χ1n) is 10.6. The lowest BCUT2D eigenvalue weighted by molar-refractivity contribution is -0.132. The van der Waals surface area contributed by atoms with E-state index in [4.69, 9.17) is 9.47 Å². The minimum absolute atomic E-state index is 0.120. The molecule has 1 unspecified atom stereocenters. The van der Waals surface area contributed by atoms with Crippen LogP contribution in [0.15, 0.2) is 66.2 Å². The summed E-state index contributed by atoms with van der Waals surface area (Å²) in [5, 5.41) is 11.4. The van der Waals surface area contributed by atoms with Gasteiger partial charge in [0.2, 0.25) is 0 Å². The smallest absolute Gasteiger partial charge is 0.300 e. The first kappa shape index (κ1) is 23.0. The number of rotatable bonds is 5. The van der Waals surface area contributed by atoms with Crippen LogP contribution in [0.3, 0.4) is 0 Å². The van der Waals surface area contributed by atoms with Crippen molar-refractivity contribution >= 4 is 23.1 Å². The first-order chi connectivity index (χ1) is 16.3. The van der Waals surface area contributed by atoms with Crippen molar-refractivity contribution in [2.45, 2.75) is 19.9 Å². The van der Waals surface area contributed by atoms with Crippen molar-refractivity contribution in [1.29, 1.82) is 0 Å². The summed E-state index contributed by atoms with van der Waals surface area (Å²) in [6, 6.07) is 14.8. The highest BCUT2D eigenvalue weighted by molar-refractivity contribution is 6.51. The highest BCUT2D eigenvalue weighted by atomic mass is 19.1. The number of benzene rings is 3. The molecule has 174 valence electrons. The second-order valence-corrected chi connectivity index (χ2v) is 8.09. The average molecular weight is 461 g/mol. The van der Waals surface area contributed by atoms with Crippen molar-refractivity contribution in [1.82, 2.24) is 0 Å². The molecule has 34 heavy (non-hydrogen) atoms. The molecule has 0 aromatic heterocycles. The molecular formula is C27H24FNO5. The van der Waals surface area contributed by atoms with Gasteiger partial charge in [0, 0.05) is 5.69 Å². The maximum absolute atomic E-state index is 14.1. The number of hydrogen-bond acceptors (Lipinski definition) is 5. The summed E-state index contributed by atoms with van der Waals surface area (Å²) in [6.45, 7) is 3.68.